The van der Waals surface area contributed by atoms with Crippen LogP contribution in [-0.4, -0.2) is 46.3 Å². The molecule has 0 N–H and O–H groups in total. The Morgan fingerprint density at radius 1 is 1.27 bits per heavy atom. The molecular weight excluding hydrogens is 302 g/mol. The zero-order valence-electron chi connectivity index (χ0n) is 13.0. The molecule has 0 aromatic carbocycles. The number of aldehydes is 1. The van der Waals surface area contributed by atoms with Gasteiger partial charge in [0.05, 0.1) is 5.25 Å². The fourth-order valence-corrected chi connectivity index (χ4v) is 4.30. The molecule has 1 saturated heterocycles. The van der Waals surface area contributed by atoms with E-state index in [4.69, 9.17) is 0 Å². The second-order valence-electron chi connectivity index (χ2n) is 6.28. The number of Topliss-reactive ketones (excluding diaryl/α,β-unsaturated/α-hetero) is 1. The average molecular weight is 325 g/mol. The fourth-order valence-electron chi connectivity index (χ4n) is 3.08. The van der Waals surface area contributed by atoms with E-state index in [1.54, 1.807) is 0 Å². The highest BCUT2D eigenvalue weighted by Crippen LogP contribution is 2.31. The predicted molar refractivity (Wildman–Crippen MR) is 84.4 cm³/mol. The second-order valence-corrected chi connectivity index (χ2v) is 7.59. The summed E-state index contributed by atoms with van der Waals surface area (Å²) in [7, 11) is 0. The van der Waals surface area contributed by atoms with Gasteiger partial charge in [-0.15, -0.1) is 11.8 Å². The summed E-state index contributed by atoms with van der Waals surface area (Å²) >= 11 is 1.41. The van der Waals surface area contributed by atoms with Gasteiger partial charge in [0, 0.05) is 31.1 Å². The third-order valence-corrected chi connectivity index (χ3v) is 5.71. The number of hydrogen-bond acceptors (Lipinski definition) is 5. The molecule has 0 bridgehead atoms. The quantitative estimate of drug-likeness (QED) is 0.527. The first kappa shape index (κ1) is 17.2. The van der Waals surface area contributed by atoms with E-state index in [-0.39, 0.29) is 35.2 Å². The van der Waals surface area contributed by atoms with Gasteiger partial charge in [-0.1, -0.05) is 0 Å². The van der Waals surface area contributed by atoms with Crippen LogP contribution in [0.1, 0.15) is 45.4 Å². The molecule has 6 heteroatoms. The highest BCUT2D eigenvalue weighted by molar-refractivity contribution is 8.00. The normalized spacial score (nSPS) is 29.0. The third kappa shape index (κ3) is 4.41. The van der Waals surface area contributed by atoms with E-state index >= 15 is 0 Å². The number of imide groups is 1. The summed E-state index contributed by atoms with van der Waals surface area (Å²) in [5.41, 5.74) is 0. The molecule has 0 radical (unpaired) electrons. The summed E-state index contributed by atoms with van der Waals surface area (Å²) in [6.07, 6.45) is 5.25. The SMILES string of the molecule is CC(=O)CCSC1CC(=O)N(CC2CCC(C=O)CC2)C1=O. The Labute approximate surface area is 135 Å². The Morgan fingerprint density at radius 2 is 1.95 bits per heavy atom. The van der Waals surface area contributed by atoms with Crippen LogP contribution in [0.25, 0.3) is 0 Å². The topological polar surface area (TPSA) is 71.5 Å². The number of thioether (sulfide) groups is 1. The Morgan fingerprint density at radius 3 is 2.55 bits per heavy atom. The van der Waals surface area contributed by atoms with Crippen LogP contribution < -0.4 is 0 Å². The number of rotatable bonds is 7. The molecule has 5 nitrogen and oxygen atoms in total. The molecule has 2 aliphatic rings. The van der Waals surface area contributed by atoms with Crippen LogP contribution in [0.5, 0.6) is 0 Å². The van der Waals surface area contributed by atoms with Crippen molar-refractivity contribution >= 4 is 35.6 Å². The van der Waals surface area contributed by atoms with Gasteiger partial charge in [-0.3, -0.25) is 19.3 Å². The molecule has 1 heterocycles. The lowest BCUT2D eigenvalue weighted by Crippen LogP contribution is -2.37. The maximum atomic E-state index is 12.3. The minimum Gasteiger partial charge on any atom is -0.303 e. The van der Waals surface area contributed by atoms with Crippen LogP contribution in [0.2, 0.25) is 0 Å². The maximum Gasteiger partial charge on any atom is 0.242 e. The molecule has 1 saturated carbocycles. The monoisotopic (exact) mass is 325 g/mol. The molecule has 2 fully saturated rings. The van der Waals surface area contributed by atoms with Gasteiger partial charge in [0.1, 0.15) is 12.1 Å². The lowest BCUT2D eigenvalue weighted by atomic mass is 9.82. The number of likely N-dealkylation sites (tertiary alicyclic amines) is 1. The number of nitrogens with zero attached hydrogens (tertiary/aromatic N) is 1. The lowest BCUT2D eigenvalue weighted by molar-refractivity contribution is -0.139. The fraction of sp³-hybridized carbons (Fsp3) is 0.750. The first-order valence-corrected chi connectivity index (χ1v) is 8.96. The summed E-state index contributed by atoms with van der Waals surface area (Å²) in [5.74, 6) is 0.977. The Kier molecular flexibility index (Phi) is 6.17. The van der Waals surface area contributed by atoms with Gasteiger partial charge in [-0.2, -0.15) is 0 Å². The van der Waals surface area contributed by atoms with Crippen molar-refractivity contribution in [2.45, 2.75) is 50.7 Å². The number of amides is 2. The van der Waals surface area contributed by atoms with Gasteiger partial charge < -0.3 is 4.79 Å². The van der Waals surface area contributed by atoms with Gasteiger partial charge in [0.15, 0.2) is 0 Å². The van der Waals surface area contributed by atoms with Crippen LogP contribution in [0.3, 0.4) is 0 Å². The molecule has 1 aliphatic heterocycles. The minimum absolute atomic E-state index is 0.0946. The van der Waals surface area contributed by atoms with Crippen molar-refractivity contribution in [3.63, 3.8) is 0 Å². The first-order chi connectivity index (χ1) is 10.5. The van der Waals surface area contributed by atoms with Gasteiger partial charge >= 0.3 is 0 Å². The van der Waals surface area contributed by atoms with Crippen molar-refractivity contribution in [1.29, 1.82) is 0 Å². The van der Waals surface area contributed by atoms with Crippen LogP contribution in [0, 0.1) is 11.8 Å². The smallest absolute Gasteiger partial charge is 0.242 e. The highest BCUT2D eigenvalue weighted by atomic mass is 32.2. The number of carbonyl (C=O) groups excluding carboxylic acids is 4. The molecule has 22 heavy (non-hydrogen) atoms. The summed E-state index contributed by atoms with van der Waals surface area (Å²) in [6.45, 7) is 2.02. The molecule has 0 aromatic rings. The molecule has 2 amide bonds. The molecular formula is C16H23NO4S. The zero-order valence-corrected chi connectivity index (χ0v) is 13.8. The van der Waals surface area contributed by atoms with Crippen LogP contribution in [-0.2, 0) is 19.2 Å². The molecule has 1 atom stereocenters. The second kappa shape index (κ2) is 7.90. The van der Waals surface area contributed by atoms with Crippen molar-refractivity contribution in [2.24, 2.45) is 11.8 Å². The minimum atomic E-state index is -0.321. The number of carbonyl (C=O) groups is 4. The van der Waals surface area contributed by atoms with Crippen molar-refractivity contribution in [3.8, 4) is 0 Å². The Balaban J connectivity index is 1.81. The van der Waals surface area contributed by atoms with Crippen LogP contribution in [0.4, 0.5) is 0 Å². The van der Waals surface area contributed by atoms with Gasteiger partial charge in [0.2, 0.25) is 11.8 Å². The van der Waals surface area contributed by atoms with Crippen molar-refractivity contribution in [1.82, 2.24) is 4.90 Å². The molecule has 0 aromatic heterocycles. The largest absolute Gasteiger partial charge is 0.303 e. The van der Waals surface area contributed by atoms with Crippen molar-refractivity contribution < 1.29 is 19.2 Å². The van der Waals surface area contributed by atoms with E-state index in [1.807, 2.05) is 0 Å². The van der Waals surface area contributed by atoms with E-state index in [0.29, 0.717) is 24.6 Å². The van der Waals surface area contributed by atoms with E-state index < -0.39 is 0 Å². The summed E-state index contributed by atoms with van der Waals surface area (Å²) in [5, 5.41) is -0.321. The van der Waals surface area contributed by atoms with Gasteiger partial charge in [-0.05, 0) is 38.5 Å². The zero-order chi connectivity index (χ0) is 16.1. The Hall–Kier alpha value is -1.17. The molecule has 0 spiro atoms. The number of ketones is 1. The van der Waals surface area contributed by atoms with Crippen LogP contribution in [0.15, 0.2) is 0 Å². The molecule has 2 rings (SSSR count). The first-order valence-electron chi connectivity index (χ1n) is 7.91. The summed E-state index contributed by atoms with van der Waals surface area (Å²) < 4.78 is 0. The maximum absolute atomic E-state index is 12.3. The van der Waals surface area contributed by atoms with Crippen molar-refractivity contribution in [3.05, 3.63) is 0 Å². The van der Waals surface area contributed by atoms with E-state index in [0.717, 1.165) is 32.0 Å². The van der Waals surface area contributed by atoms with Crippen molar-refractivity contribution in [2.75, 3.05) is 12.3 Å². The van der Waals surface area contributed by atoms with E-state index in [1.165, 1.54) is 23.6 Å². The number of hydrogen-bond donors (Lipinski definition) is 0. The van der Waals surface area contributed by atoms with Gasteiger partial charge in [-0.25, -0.2) is 0 Å². The molecule has 1 aliphatic carbocycles. The van der Waals surface area contributed by atoms with Gasteiger partial charge in [0.25, 0.3) is 0 Å². The Bertz CT molecular complexity index is 457. The molecule has 1 unspecified atom stereocenters. The highest BCUT2D eigenvalue weighted by Gasteiger charge is 2.39. The predicted octanol–water partition coefficient (Wildman–Crippen LogP) is 1.83. The third-order valence-electron chi connectivity index (χ3n) is 4.50. The summed E-state index contributed by atoms with van der Waals surface area (Å²) in [4.78, 5) is 47.5. The average Bonchev–Trinajstić information content (AvgIpc) is 2.75. The molecule has 122 valence electrons. The van der Waals surface area contributed by atoms with Crippen LogP contribution >= 0.6 is 11.8 Å². The lowest BCUT2D eigenvalue weighted by Gasteiger charge is -2.28. The summed E-state index contributed by atoms with van der Waals surface area (Å²) in [6, 6.07) is 0. The van der Waals surface area contributed by atoms with E-state index in [9.17, 15) is 19.2 Å². The standard InChI is InChI=1S/C16H23NO4S/c1-11(19)6-7-22-14-8-15(20)17(16(14)21)9-12-2-4-13(10-18)5-3-12/h10,12-14H,2-9H2,1H3. The van der Waals surface area contributed by atoms with E-state index in [2.05, 4.69) is 0 Å².